The lowest BCUT2D eigenvalue weighted by Gasteiger charge is -2.02. The fourth-order valence-electron chi connectivity index (χ4n) is 0.607. The van der Waals surface area contributed by atoms with Crippen LogP contribution in [0.25, 0.3) is 0 Å². The maximum absolute atomic E-state index is 10.8. The molecule has 1 unspecified atom stereocenters. The molecular weight excluding hydrogens is 176 g/mol. The lowest BCUT2D eigenvalue weighted by atomic mass is 10.3. The van der Waals surface area contributed by atoms with Gasteiger partial charge in [-0.05, 0) is 13.8 Å². The van der Waals surface area contributed by atoms with E-state index >= 15 is 0 Å². The van der Waals surface area contributed by atoms with Gasteiger partial charge in [-0.25, -0.2) is 0 Å². The van der Waals surface area contributed by atoms with Crippen LogP contribution < -0.4 is 0 Å². The maximum atomic E-state index is 10.8. The third-order valence-corrected chi connectivity index (χ3v) is 1.03. The summed E-state index contributed by atoms with van der Waals surface area (Å²) in [6, 6.07) is 0. The van der Waals surface area contributed by atoms with Gasteiger partial charge in [0.05, 0.1) is 12.5 Å². The second-order valence-electron chi connectivity index (χ2n) is 2.61. The zero-order chi connectivity index (χ0) is 11.1. The second-order valence-corrected chi connectivity index (χ2v) is 2.61. The average Bonchev–Trinajstić information content (AvgIpc) is 2.01. The number of ether oxygens (including phenoxy) is 1. The van der Waals surface area contributed by atoms with Crippen LogP contribution in [0.4, 0.5) is 0 Å². The van der Waals surface area contributed by atoms with Crippen molar-refractivity contribution in [3.8, 4) is 0 Å². The molecule has 0 aliphatic carbocycles. The highest BCUT2D eigenvalue weighted by Gasteiger charge is 2.13. The lowest BCUT2D eigenvalue weighted by molar-refractivity contribution is -0.161. The van der Waals surface area contributed by atoms with Crippen molar-refractivity contribution in [2.45, 2.75) is 32.8 Å². The van der Waals surface area contributed by atoms with E-state index in [1.807, 2.05) is 0 Å². The van der Waals surface area contributed by atoms with Gasteiger partial charge in [-0.15, -0.1) is 0 Å². The number of rotatable bonds is 4. The first-order valence-corrected chi connectivity index (χ1v) is 3.68. The molecule has 0 radical (unpaired) electrons. The van der Waals surface area contributed by atoms with E-state index in [4.69, 9.17) is 6.48 Å². The number of aliphatic hydroxyl groups is 1. The SMILES string of the molecule is [2H]CC(=O)CC(=O)OC(=O)CC(C)O. The largest absolute Gasteiger partial charge is 0.393 e. The molecule has 0 aromatic heterocycles. The van der Waals surface area contributed by atoms with Crippen LogP contribution in [-0.2, 0) is 19.1 Å². The summed E-state index contributed by atoms with van der Waals surface area (Å²) in [4.78, 5) is 32.1. The van der Waals surface area contributed by atoms with Gasteiger partial charge >= 0.3 is 11.9 Å². The Morgan fingerprint density at radius 1 is 1.46 bits per heavy atom. The molecule has 0 saturated heterocycles. The van der Waals surface area contributed by atoms with Gasteiger partial charge in [-0.3, -0.25) is 14.4 Å². The fourth-order valence-corrected chi connectivity index (χ4v) is 0.607. The van der Waals surface area contributed by atoms with Crippen LogP contribution in [0, 0.1) is 0 Å². The first-order chi connectivity index (χ1) is 6.45. The summed E-state index contributed by atoms with van der Waals surface area (Å²) >= 11 is 0. The standard InChI is InChI=1S/C8H12O5/c1-5(9)3-7(11)13-8(12)4-6(2)10/h5,9H,3-4H2,1-2H3/i2D. The maximum Gasteiger partial charge on any atom is 0.320 e. The number of Topliss-reactive ketones (excluding diaryl/α,β-unsaturated/α-hetero) is 1. The topological polar surface area (TPSA) is 80.7 Å². The van der Waals surface area contributed by atoms with E-state index in [0.29, 0.717) is 0 Å². The van der Waals surface area contributed by atoms with E-state index in [-0.39, 0.29) is 6.42 Å². The normalized spacial score (nSPS) is 12.9. The minimum Gasteiger partial charge on any atom is -0.393 e. The molecule has 74 valence electrons. The molecule has 0 aromatic rings. The van der Waals surface area contributed by atoms with Crippen LogP contribution in [0.5, 0.6) is 0 Å². The molecule has 0 spiro atoms. The fraction of sp³-hybridized carbons (Fsp3) is 0.625. The third kappa shape index (κ3) is 7.14. The monoisotopic (exact) mass is 189 g/mol. The lowest BCUT2D eigenvalue weighted by Crippen LogP contribution is -2.18. The number of esters is 2. The van der Waals surface area contributed by atoms with Gasteiger partial charge in [-0.2, -0.15) is 0 Å². The van der Waals surface area contributed by atoms with Crippen LogP contribution in [-0.4, -0.2) is 28.9 Å². The number of carbonyl (C=O) groups is 3. The van der Waals surface area contributed by atoms with Crippen LogP contribution >= 0.6 is 0 Å². The third-order valence-electron chi connectivity index (χ3n) is 1.03. The summed E-state index contributed by atoms with van der Waals surface area (Å²) in [5.41, 5.74) is 0. The van der Waals surface area contributed by atoms with E-state index in [2.05, 4.69) is 4.74 Å². The van der Waals surface area contributed by atoms with E-state index in [9.17, 15) is 14.4 Å². The Bertz CT molecular complexity index is 236. The molecule has 1 atom stereocenters. The summed E-state index contributed by atoms with van der Waals surface area (Å²) < 4.78 is 10.8. The molecule has 0 bridgehead atoms. The molecule has 5 heteroatoms. The summed E-state index contributed by atoms with van der Waals surface area (Å²) in [6.07, 6.45) is -1.75. The Hall–Kier alpha value is -1.23. The molecule has 0 fully saturated rings. The Kier molecular flexibility index (Phi) is 4.11. The second kappa shape index (κ2) is 5.42. The highest BCUT2D eigenvalue weighted by molar-refractivity contribution is 5.98. The average molecular weight is 189 g/mol. The van der Waals surface area contributed by atoms with Gasteiger partial charge in [-0.1, -0.05) is 0 Å². The molecular formula is C8H12O5. The number of carbonyl (C=O) groups excluding carboxylic acids is 3. The summed E-state index contributed by atoms with van der Waals surface area (Å²) in [5.74, 6) is -2.46. The summed E-state index contributed by atoms with van der Waals surface area (Å²) in [6.45, 7) is 0.861. The van der Waals surface area contributed by atoms with Crippen LogP contribution in [0.1, 0.15) is 28.0 Å². The van der Waals surface area contributed by atoms with Crippen LogP contribution in [0.2, 0.25) is 0 Å². The zero-order valence-electron chi connectivity index (χ0n) is 8.28. The first kappa shape index (κ1) is 9.85. The zero-order valence-corrected chi connectivity index (χ0v) is 7.28. The van der Waals surface area contributed by atoms with Gasteiger partial charge in [0, 0.05) is 1.37 Å². The van der Waals surface area contributed by atoms with E-state index < -0.39 is 37.1 Å². The van der Waals surface area contributed by atoms with Gasteiger partial charge in [0.2, 0.25) is 0 Å². The summed E-state index contributed by atoms with van der Waals surface area (Å²) in [5, 5.41) is 8.75. The molecule has 0 saturated carbocycles. The van der Waals surface area contributed by atoms with Crippen molar-refractivity contribution >= 4 is 17.7 Å². The van der Waals surface area contributed by atoms with E-state index in [0.717, 1.165) is 0 Å². The molecule has 0 aliphatic rings. The Balaban J connectivity index is 3.83. The van der Waals surface area contributed by atoms with Crippen LogP contribution in [0.15, 0.2) is 0 Å². The van der Waals surface area contributed by atoms with Crippen molar-refractivity contribution in [3.05, 3.63) is 0 Å². The Morgan fingerprint density at radius 3 is 2.54 bits per heavy atom. The van der Waals surface area contributed by atoms with E-state index in [1.54, 1.807) is 0 Å². The molecule has 5 nitrogen and oxygen atoms in total. The van der Waals surface area contributed by atoms with Crippen molar-refractivity contribution in [2.24, 2.45) is 0 Å². The highest BCUT2D eigenvalue weighted by atomic mass is 16.6. The number of hydrogen-bond donors (Lipinski definition) is 1. The Morgan fingerprint density at radius 2 is 2.08 bits per heavy atom. The minimum atomic E-state index is -0.979. The minimum absolute atomic E-state index is 0.291. The van der Waals surface area contributed by atoms with Gasteiger partial charge in [0.15, 0.2) is 0 Å². The molecule has 0 rings (SSSR count). The van der Waals surface area contributed by atoms with Crippen molar-refractivity contribution in [2.75, 3.05) is 0 Å². The van der Waals surface area contributed by atoms with Crippen molar-refractivity contribution in [3.63, 3.8) is 0 Å². The van der Waals surface area contributed by atoms with Crippen molar-refractivity contribution < 1.29 is 25.6 Å². The Labute approximate surface area is 77.1 Å². The van der Waals surface area contributed by atoms with Gasteiger partial charge in [0.25, 0.3) is 0 Å². The predicted molar refractivity (Wildman–Crippen MR) is 42.7 cm³/mol. The number of hydrogen-bond acceptors (Lipinski definition) is 5. The number of ketones is 1. The van der Waals surface area contributed by atoms with E-state index in [1.165, 1.54) is 6.92 Å². The van der Waals surface area contributed by atoms with Crippen LogP contribution in [0.3, 0.4) is 0 Å². The molecule has 13 heavy (non-hydrogen) atoms. The predicted octanol–water partition coefficient (Wildman–Crippen LogP) is -0.194. The quantitative estimate of drug-likeness (QED) is 0.489. The molecule has 0 amide bonds. The first-order valence-electron chi connectivity index (χ1n) is 4.39. The number of aliphatic hydroxyl groups excluding tert-OH is 1. The molecule has 1 N–H and O–H groups in total. The van der Waals surface area contributed by atoms with Crippen molar-refractivity contribution in [1.82, 2.24) is 0 Å². The summed E-state index contributed by atoms with van der Waals surface area (Å²) in [7, 11) is 0. The van der Waals surface area contributed by atoms with Crippen molar-refractivity contribution in [1.29, 1.82) is 0 Å². The molecule has 0 aromatic carbocycles. The smallest absolute Gasteiger partial charge is 0.320 e. The van der Waals surface area contributed by atoms with Gasteiger partial charge in [0.1, 0.15) is 12.2 Å². The van der Waals surface area contributed by atoms with Gasteiger partial charge < -0.3 is 9.84 Å². The molecule has 0 heterocycles. The highest BCUT2D eigenvalue weighted by Crippen LogP contribution is 1.95. The molecule has 0 aliphatic heterocycles.